The van der Waals surface area contributed by atoms with Gasteiger partial charge in [0.1, 0.15) is 29.8 Å². The van der Waals surface area contributed by atoms with E-state index in [2.05, 4.69) is 41.5 Å². The zero-order valence-corrected chi connectivity index (χ0v) is 33.9. The lowest BCUT2D eigenvalue weighted by molar-refractivity contribution is -0.137. The number of halogens is 2. The number of carbonyl (C=O) groups excluding carboxylic acids is 5. The zero-order valence-electron chi connectivity index (χ0n) is 33.2. The minimum atomic E-state index is -0.652. The second-order valence-electron chi connectivity index (χ2n) is 15.0. The van der Waals surface area contributed by atoms with Crippen molar-refractivity contribution < 1.29 is 33.1 Å². The Labute approximate surface area is 351 Å². The third kappa shape index (κ3) is 10.2. The molecule has 0 radical (unpaired) electrons. The van der Waals surface area contributed by atoms with Gasteiger partial charge < -0.3 is 30.9 Å². The van der Waals surface area contributed by atoms with Crippen molar-refractivity contribution in [1.29, 1.82) is 0 Å². The Bertz CT molecular complexity index is 2320. The first-order chi connectivity index (χ1) is 29.1. The smallest absolute Gasteiger partial charge is 0.255 e. The molecule has 2 fully saturated rings. The molecule has 5 amide bonds. The predicted molar refractivity (Wildman–Crippen MR) is 226 cm³/mol. The number of carbonyl (C=O) groups is 5. The van der Waals surface area contributed by atoms with E-state index < -0.39 is 17.8 Å². The van der Waals surface area contributed by atoms with Crippen LogP contribution in [-0.4, -0.2) is 94.7 Å². The summed E-state index contributed by atoms with van der Waals surface area (Å²) in [5.41, 5.74) is 3.83. The van der Waals surface area contributed by atoms with Crippen LogP contribution in [0.25, 0.3) is 10.9 Å². The summed E-state index contributed by atoms with van der Waals surface area (Å²) >= 11 is 5.95. The van der Waals surface area contributed by atoms with Crippen LogP contribution in [0, 0.1) is 5.82 Å². The first-order valence-electron chi connectivity index (χ1n) is 20.1. The predicted octanol–water partition coefficient (Wildman–Crippen LogP) is 5.68. The molecule has 1 aromatic heterocycles. The number of hydrogen-bond donors (Lipinski definition) is 5. The average Bonchev–Trinajstić information content (AvgIpc) is 3.57. The van der Waals surface area contributed by atoms with E-state index in [1.807, 2.05) is 18.2 Å². The lowest BCUT2D eigenvalue weighted by Gasteiger charge is -2.31. The number of nitrogens with one attached hydrogen (secondary N) is 5. The highest BCUT2D eigenvalue weighted by Crippen LogP contribution is 2.34. The van der Waals surface area contributed by atoms with Gasteiger partial charge in [-0.25, -0.2) is 14.4 Å². The average molecular weight is 840 g/mol. The molecule has 0 saturated carbocycles. The maximum Gasteiger partial charge on any atom is 0.255 e. The minimum absolute atomic E-state index is 0.0282. The number of hydrogen-bond acceptors (Lipinski definition) is 11. The Balaban J connectivity index is 0.794. The van der Waals surface area contributed by atoms with Crippen molar-refractivity contribution in [3.63, 3.8) is 0 Å². The first kappa shape index (κ1) is 42.0. The molecule has 0 aliphatic carbocycles. The molecule has 60 heavy (non-hydrogen) atoms. The summed E-state index contributed by atoms with van der Waals surface area (Å²) in [6.07, 6.45) is 9.78. The van der Waals surface area contributed by atoms with Gasteiger partial charge in [-0.3, -0.25) is 34.2 Å². The van der Waals surface area contributed by atoms with Gasteiger partial charge in [-0.1, -0.05) is 30.2 Å². The maximum atomic E-state index is 13.7. The van der Waals surface area contributed by atoms with Crippen LogP contribution in [0.1, 0.15) is 67.3 Å². The highest BCUT2D eigenvalue weighted by Gasteiger charge is 2.39. The fourth-order valence-electron chi connectivity index (χ4n) is 7.77. The van der Waals surface area contributed by atoms with Gasteiger partial charge in [0.25, 0.3) is 5.91 Å². The third-order valence-corrected chi connectivity index (χ3v) is 11.3. The van der Waals surface area contributed by atoms with Crippen molar-refractivity contribution in [2.45, 2.75) is 70.0 Å². The van der Waals surface area contributed by atoms with Gasteiger partial charge in [-0.05, 0) is 68.5 Å². The summed E-state index contributed by atoms with van der Waals surface area (Å²) < 4.78 is 19.2. The van der Waals surface area contributed by atoms with Crippen LogP contribution in [0.2, 0.25) is 5.02 Å². The fraction of sp³-hybridized carbons (Fsp3) is 0.372. The van der Waals surface area contributed by atoms with Gasteiger partial charge in [0.2, 0.25) is 23.6 Å². The van der Waals surface area contributed by atoms with Crippen LogP contribution >= 0.6 is 11.6 Å². The molecule has 4 aromatic rings. The van der Waals surface area contributed by atoms with Crippen molar-refractivity contribution in [1.82, 2.24) is 30.4 Å². The number of anilines is 4. The molecular weight excluding hydrogens is 793 g/mol. The SMILES string of the molecule is COc1cc2ncnc(Nc3ccc(F)c(Cl)c3)c2cc1NC(=O)/C=C/CN1CCC(NC(=O)CCCCCNc2cccc3c2CN(C2CCC(=O)NC2=O)C3=O)CC1. The maximum absolute atomic E-state index is 13.7. The van der Waals surface area contributed by atoms with Crippen LogP contribution < -0.4 is 31.3 Å². The standard InChI is InChI=1S/C43H47ClFN9O6/c1-60-37-23-34-29(41(48-25-47-34)50-27-11-12-32(45)31(44)21-27)22-35(37)51-39(56)10-6-18-53-19-15-26(16-20-53)49-38(55)9-3-2-4-17-46-33-8-5-7-28-30(33)24-54(43(28)59)36-13-14-40(57)52-42(36)58/h5-8,10-12,21-23,25-26,36,46H,2-4,9,13-20,24H2,1H3,(H,49,55)(H,51,56)(H,47,48,50)(H,52,57,58)/b10-6+. The number of nitrogens with zero attached hydrogens (tertiary/aromatic N) is 4. The summed E-state index contributed by atoms with van der Waals surface area (Å²) in [5.74, 6) is -0.890. The van der Waals surface area contributed by atoms with Gasteiger partial charge in [0.05, 0.1) is 23.3 Å². The largest absolute Gasteiger partial charge is 0.494 e. The molecule has 15 nitrogen and oxygen atoms in total. The van der Waals surface area contributed by atoms with E-state index >= 15 is 0 Å². The summed E-state index contributed by atoms with van der Waals surface area (Å²) in [6, 6.07) is 12.7. The van der Waals surface area contributed by atoms with Crippen LogP contribution in [0.15, 0.2) is 67.0 Å². The van der Waals surface area contributed by atoms with Gasteiger partial charge in [-0.15, -0.1) is 0 Å². The molecule has 3 aliphatic heterocycles. The van der Waals surface area contributed by atoms with Crippen molar-refractivity contribution >= 4 is 74.9 Å². The number of likely N-dealkylation sites (tertiary alicyclic amines) is 1. The quantitative estimate of drug-likeness (QED) is 0.0531. The minimum Gasteiger partial charge on any atom is -0.494 e. The zero-order chi connectivity index (χ0) is 42.2. The summed E-state index contributed by atoms with van der Waals surface area (Å²) in [4.78, 5) is 75.2. The Kier molecular flexibility index (Phi) is 13.5. The lowest BCUT2D eigenvalue weighted by atomic mass is 10.0. The van der Waals surface area contributed by atoms with Gasteiger partial charge in [-0.2, -0.15) is 0 Å². The highest BCUT2D eigenvalue weighted by atomic mass is 35.5. The van der Waals surface area contributed by atoms with Crippen molar-refractivity contribution in [2.75, 3.05) is 49.2 Å². The van der Waals surface area contributed by atoms with Crippen LogP contribution in [-0.2, 0) is 25.7 Å². The van der Waals surface area contributed by atoms with Crippen molar-refractivity contribution in [2.24, 2.45) is 0 Å². The fourth-order valence-corrected chi connectivity index (χ4v) is 7.95. The van der Waals surface area contributed by atoms with E-state index in [1.54, 1.807) is 29.2 Å². The van der Waals surface area contributed by atoms with Gasteiger partial charge in [0, 0.05) is 91.6 Å². The van der Waals surface area contributed by atoms with E-state index in [4.69, 9.17) is 16.3 Å². The Morgan fingerprint density at radius 1 is 1.02 bits per heavy atom. The van der Waals surface area contributed by atoms with E-state index in [9.17, 15) is 28.4 Å². The molecule has 3 aliphatic rings. The van der Waals surface area contributed by atoms with Crippen molar-refractivity contribution in [3.05, 3.63) is 89.0 Å². The molecule has 1 atom stereocenters. The number of aromatic nitrogens is 2. The summed E-state index contributed by atoms with van der Waals surface area (Å²) in [5, 5.41) is 15.5. The molecular formula is C43H47ClFN9O6. The van der Waals surface area contributed by atoms with E-state index in [0.29, 0.717) is 71.9 Å². The van der Waals surface area contributed by atoms with E-state index in [1.165, 1.54) is 31.6 Å². The summed E-state index contributed by atoms with van der Waals surface area (Å²) in [7, 11) is 1.51. The highest BCUT2D eigenvalue weighted by molar-refractivity contribution is 6.31. The Morgan fingerprint density at radius 3 is 2.63 bits per heavy atom. The molecule has 4 heterocycles. The monoisotopic (exact) mass is 839 g/mol. The number of imide groups is 1. The number of fused-ring (bicyclic) bond motifs is 2. The molecule has 5 N–H and O–H groups in total. The number of amides is 5. The molecule has 1 unspecified atom stereocenters. The number of ether oxygens (including phenoxy) is 1. The van der Waals surface area contributed by atoms with Crippen molar-refractivity contribution in [3.8, 4) is 5.75 Å². The molecule has 314 valence electrons. The topological polar surface area (TPSA) is 187 Å². The Hall–Kier alpha value is -6.13. The van der Waals surface area contributed by atoms with E-state index in [0.717, 1.165) is 56.4 Å². The number of benzene rings is 3. The molecule has 0 bridgehead atoms. The second kappa shape index (κ2) is 19.3. The molecule has 17 heteroatoms. The number of methoxy groups -OCH3 is 1. The Morgan fingerprint density at radius 2 is 1.85 bits per heavy atom. The third-order valence-electron chi connectivity index (χ3n) is 11.0. The van der Waals surface area contributed by atoms with Crippen LogP contribution in [0.5, 0.6) is 5.75 Å². The first-order valence-corrected chi connectivity index (χ1v) is 20.5. The van der Waals surface area contributed by atoms with E-state index in [-0.39, 0.29) is 41.1 Å². The van der Waals surface area contributed by atoms with Crippen LogP contribution in [0.3, 0.4) is 0 Å². The van der Waals surface area contributed by atoms with Gasteiger partial charge >= 0.3 is 0 Å². The molecule has 7 rings (SSSR count). The molecule has 0 spiro atoms. The van der Waals surface area contributed by atoms with Gasteiger partial charge in [0.15, 0.2) is 0 Å². The second-order valence-corrected chi connectivity index (χ2v) is 15.5. The van der Waals surface area contributed by atoms with Crippen LogP contribution in [0.4, 0.5) is 27.3 Å². The molecule has 3 aromatic carbocycles. The number of piperidine rings is 2. The molecule has 2 saturated heterocycles. The lowest BCUT2D eigenvalue weighted by Crippen LogP contribution is -2.52. The number of rotatable bonds is 16. The number of unbranched alkanes of at least 4 members (excludes halogenated alkanes) is 2. The summed E-state index contributed by atoms with van der Waals surface area (Å²) in [6.45, 7) is 3.16. The normalized spacial score (nSPS) is 17.1.